The van der Waals surface area contributed by atoms with Crippen molar-refractivity contribution in [3.63, 3.8) is 0 Å². The number of phenols is 1. The molecule has 4 rings (SSSR count). The summed E-state index contributed by atoms with van der Waals surface area (Å²) in [6.45, 7) is -0.497. The molecule has 0 aliphatic carbocycles. The van der Waals surface area contributed by atoms with Crippen molar-refractivity contribution in [2.75, 3.05) is 18.5 Å². The molecule has 0 fully saturated rings. The van der Waals surface area contributed by atoms with E-state index >= 15 is 0 Å². The van der Waals surface area contributed by atoms with Crippen LogP contribution in [0.4, 0.5) is 5.69 Å². The van der Waals surface area contributed by atoms with Gasteiger partial charge in [-0.1, -0.05) is 0 Å². The molecule has 1 amide bonds. The van der Waals surface area contributed by atoms with E-state index in [1.165, 1.54) is 24.5 Å². The van der Waals surface area contributed by atoms with Gasteiger partial charge in [-0.2, -0.15) is 0 Å². The topological polar surface area (TPSA) is 115 Å². The fraction of sp³-hybridized carbons (Fsp3) is 0.150. The van der Waals surface area contributed by atoms with Crippen molar-refractivity contribution in [3.05, 3.63) is 53.8 Å². The number of furan rings is 1. The molecule has 1 aromatic heterocycles. The molecule has 2 heterocycles. The number of aromatic hydroxyl groups is 1. The minimum atomic E-state index is -0.585. The van der Waals surface area contributed by atoms with Crippen LogP contribution in [-0.2, 0) is 20.7 Å². The zero-order valence-electron chi connectivity index (χ0n) is 14.6. The van der Waals surface area contributed by atoms with Crippen LogP contribution in [0.2, 0.25) is 0 Å². The third-order valence-electron chi connectivity index (χ3n) is 4.27. The van der Waals surface area contributed by atoms with E-state index in [1.54, 1.807) is 18.2 Å². The predicted molar refractivity (Wildman–Crippen MR) is 97.4 cm³/mol. The number of esters is 1. The number of nitrogens with one attached hydrogen (secondary N) is 1. The zero-order chi connectivity index (χ0) is 19.7. The third-order valence-corrected chi connectivity index (χ3v) is 4.27. The Hall–Kier alpha value is -3.81. The summed E-state index contributed by atoms with van der Waals surface area (Å²) >= 11 is 0. The molecule has 142 valence electrons. The van der Waals surface area contributed by atoms with Crippen LogP contribution in [0.1, 0.15) is 15.9 Å². The van der Waals surface area contributed by atoms with Crippen LogP contribution in [0.5, 0.6) is 11.5 Å². The molecular weight excluding hydrogens is 366 g/mol. The highest BCUT2D eigenvalue weighted by atomic mass is 16.5. The Labute approximate surface area is 158 Å². The summed E-state index contributed by atoms with van der Waals surface area (Å²) in [6, 6.07) is 9.20. The van der Waals surface area contributed by atoms with Gasteiger partial charge >= 0.3 is 5.97 Å². The molecule has 8 nitrogen and oxygen atoms in total. The minimum absolute atomic E-state index is 0.0632. The van der Waals surface area contributed by atoms with E-state index in [0.29, 0.717) is 33.5 Å². The first-order valence-corrected chi connectivity index (χ1v) is 8.44. The van der Waals surface area contributed by atoms with Crippen LogP contribution in [0.25, 0.3) is 11.0 Å². The minimum Gasteiger partial charge on any atom is -0.508 e. The maximum absolute atomic E-state index is 12.3. The first kappa shape index (κ1) is 17.6. The first-order valence-electron chi connectivity index (χ1n) is 8.44. The first-order chi connectivity index (χ1) is 13.5. The number of Topliss-reactive ketones (excluding diaryl/α,β-unsaturated/α-hetero) is 1. The van der Waals surface area contributed by atoms with Crippen molar-refractivity contribution in [3.8, 4) is 11.5 Å². The summed E-state index contributed by atoms with van der Waals surface area (Å²) in [6.07, 6.45) is 1.35. The molecular formula is C20H15NO7. The fourth-order valence-electron chi connectivity index (χ4n) is 2.90. The van der Waals surface area contributed by atoms with E-state index in [0.717, 1.165) is 0 Å². The predicted octanol–water partition coefficient (Wildman–Crippen LogP) is 2.44. The Morgan fingerprint density at radius 3 is 2.89 bits per heavy atom. The summed E-state index contributed by atoms with van der Waals surface area (Å²) in [5.41, 5.74) is 1.75. The van der Waals surface area contributed by atoms with Gasteiger partial charge in [-0.15, -0.1) is 0 Å². The highest BCUT2D eigenvalue weighted by molar-refractivity contribution is 6.01. The molecule has 2 N–H and O–H groups in total. The molecule has 8 heteroatoms. The summed E-state index contributed by atoms with van der Waals surface area (Å²) in [5, 5.41) is 12.7. The molecule has 0 radical (unpaired) electrons. The number of rotatable bonds is 5. The van der Waals surface area contributed by atoms with Gasteiger partial charge in [0, 0.05) is 22.6 Å². The Balaban J connectivity index is 1.38. The van der Waals surface area contributed by atoms with E-state index in [1.807, 2.05) is 0 Å². The monoisotopic (exact) mass is 381 g/mol. The highest BCUT2D eigenvalue weighted by Gasteiger charge is 2.19. The zero-order valence-corrected chi connectivity index (χ0v) is 14.6. The molecule has 0 atom stereocenters. The number of carbonyl (C=O) groups is 3. The lowest BCUT2D eigenvalue weighted by atomic mass is 10.1. The van der Waals surface area contributed by atoms with Gasteiger partial charge in [-0.3, -0.25) is 14.4 Å². The Morgan fingerprint density at radius 1 is 1.18 bits per heavy atom. The number of amides is 1. The second-order valence-electron chi connectivity index (χ2n) is 6.25. The maximum atomic E-state index is 12.3. The highest BCUT2D eigenvalue weighted by Crippen LogP contribution is 2.29. The number of hydrogen-bond acceptors (Lipinski definition) is 7. The van der Waals surface area contributed by atoms with Crippen LogP contribution in [-0.4, -0.2) is 36.0 Å². The summed E-state index contributed by atoms with van der Waals surface area (Å²) in [4.78, 5) is 35.8. The standard InChI is InChI=1S/C20H15NO7/c22-13-2-3-14-12(8-26-18(14)7-13)6-20(25)28-9-16(23)11-1-4-17-15(5-11)21-19(24)10-27-17/h1-5,7-8,22H,6,9-10H2,(H,21,24). The van der Waals surface area contributed by atoms with Crippen LogP contribution < -0.4 is 10.1 Å². The summed E-state index contributed by atoms with van der Waals surface area (Å²) in [7, 11) is 0. The lowest BCUT2D eigenvalue weighted by Crippen LogP contribution is -2.25. The summed E-state index contributed by atoms with van der Waals surface area (Å²) in [5.74, 6) is -0.750. The molecule has 0 spiro atoms. The smallest absolute Gasteiger partial charge is 0.310 e. The average Bonchev–Trinajstić information content (AvgIpc) is 3.07. The van der Waals surface area contributed by atoms with Crippen LogP contribution in [0.3, 0.4) is 0 Å². The van der Waals surface area contributed by atoms with E-state index in [2.05, 4.69) is 5.32 Å². The SMILES string of the molecule is O=C1COc2ccc(C(=O)COC(=O)Cc3coc4cc(O)ccc34)cc2N1. The normalized spacial score (nSPS) is 12.8. The van der Waals surface area contributed by atoms with Crippen molar-refractivity contribution in [1.82, 2.24) is 0 Å². The van der Waals surface area contributed by atoms with Crippen LogP contribution in [0, 0.1) is 0 Å². The van der Waals surface area contributed by atoms with Crippen LogP contribution >= 0.6 is 0 Å². The molecule has 0 saturated heterocycles. The Kier molecular flexibility index (Phi) is 4.44. The summed E-state index contributed by atoms with van der Waals surface area (Å²) < 4.78 is 15.6. The van der Waals surface area contributed by atoms with Crippen molar-refractivity contribution in [2.45, 2.75) is 6.42 Å². The number of phenolic OH excluding ortho intramolecular Hbond substituents is 1. The molecule has 0 saturated carbocycles. The average molecular weight is 381 g/mol. The van der Waals surface area contributed by atoms with Crippen molar-refractivity contribution in [2.24, 2.45) is 0 Å². The van der Waals surface area contributed by atoms with Gasteiger partial charge in [-0.25, -0.2) is 0 Å². The van der Waals surface area contributed by atoms with Crippen LogP contribution in [0.15, 0.2) is 47.1 Å². The van der Waals surface area contributed by atoms with Gasteiger partial charge in [0.25, 0.3) is 5.91 Å². The Morgan fingerprint density at radius 2 is 2.04 bits per heavy atom. The number of hydrogen-bond donors (Lipinski definition) is 2. The van der Waals surface area contributed by atoms with Gasteiger partial charge < -0.3 is 24.3 Å². The van der Waals surface area contributed by atoms with Gasteiger partial charge in [0.15, 0.2) is 19.0 Å². The lowest BCUT2D eigenvalue weighted by molar-refractivity contribution is -0.141. The largest absolute Gasteiger partial charge is 0.508 e. The molecule has 0 bridgehead atoms. The van der Waals surface area contributed by atoms with E-state index in [-0.39, 0.29) is 24.7 Å². The second-order valence-corrected chi connectivity index (χ2v) is 6.25. The number of benzene rings is 2. The van der Waals surface area contributed by atoms with E-state index < -0.39 is 18.4 Å². The Bertz CT molecular complexity index is 1100. The van der Waals surface area contributed by atoms with Gasteiger partial charge in [0.1, 0.15) is 17.1 Å². The lowest BCUT2D eigenvalue weighted by Gasteiger charge is -2.18. The number of ketones is 1. The molecule has 2 aromatic carbocycles. The number of fused-ring (bicyclic) bond motifs is 2. The van der Waals surface area contributed by atoms with E-state index in [4.69, 9.17) is 13.9 Å². The van der Waals surface area contributed by atoms with Crippen molar-refractivity contribution < 1.29 is 33.4 Å². The molecule has 28 heavy (non-hydrogen) atoms. The van der Waals surface area contributed by atoms with Gasteiger partial charge in [-0.05, 0) is 30.3 Å². The number of anilines is 1. The molecule has 3 aromatic rings. The number of carbonyl (C=O) groups excluding carboxylic acids is 3. The molecule has 1 aliphatic rings. The fourth-order valence-corrected chi connectivity index (χ4v) is 2.90. The van der Waals surface area contributed by atoms with Crippen molar-refractivity contribution in [1.29, 1.82) is 0 Å². The van der Waals surface area contributed by atoms with Gasteiger partial charge in [0.05, 0.1) is 18.4 Å². The second kappa shape index (κ2) is 7.07. The maximum Gasteiger partial charge on any atom is 0.310 e. The van der Waals surface area contributed by atoms with Crippen molar-refractivity contribution >= 4 is 34.3 Å². The quantitative estimate of drug-likeness (QED) is 0.515. The third kappa shape index (κ3) is 3.52. The molecule has 0 unspecified atom stereocenters. The van der Waals surface area contributed by atoms with E-state index in [9.17, 15) is 19.5 Å². The molecule has 1 aliphatic heterocycles. The number of ether oxygens (including phenoxy) is 2. The van der Waals surface area contributed by atoms with Gasteiger partial charge in [0.2, 0.25) is 0 Å².